The first-order valence-corrected chi connectivity index (χ1v) is 11.1. The van der Waals surface area contributed by atoms with Crippen LogP contribution in [0.1, 0.15) is 53.9 Å². The van der Waals surface area contributed by atoms with Crippen LogP contribution in [-0.2, 0) is 6.42 Å². The molecule has 0 aliphatic carbocycles. The van der Waals surface area contributed by atoms with Gasteiger partial charge in [0.15, 0.2) is 0 Å². The Morgan fingerprint density at radius 1 is 1.00 bits per heavy atom. The van der Waals surface area contributed by atoms with Gasteiger partial charge in [-0.05, 0) is 52.3 Å². The number of rotatable bonds is 7. The summed E-state index contributed by atoms with van der Waals surface area (Å²) in [5, 5.41) is 20.1. The number of aromatic carboxylic acids is 1. The fourth-order valence-electron chi connectivity index (χ4n) is 4.01. The van der Waals surface area contributed by atoms with Crippen molar-refractivity contribution in [2.75, 3.05) is 19.0 Å². The van der Waals surface area contributed by atoms with Crippen LogP contribution in [0, 0.1) is 5.41 Å². The summed E-state index contributed by atoms with van der Waals surface area (Å²) in [6.45, 7) is 6.66. The molecule has 3 rings (SSSR count). The highest BCUT2D eigenvalue weighted by atomic mass is 16.4. The van der Waals surface area contributed by atoms with Gasteiger partial charge in [-0.15, -0.1) is 0 Å². The molecule has 4 nitrogen and oxygen atoms in total. The highest BCUT2D eigenvalue weighted by Crippen LogP contribution is 2.39. The Kier molecular flexibility index (Phi) is 7.39. The van der Waals surface area contributed by atoms with E-state index in [4.69, 9.17) is 5.11 Å². The van der Waals surface area contributed by atoms with Crippen LogP contribution >= 0.6 is 0 Å². The summed E-state index contributed by atoms with van der Waals surface area (Å²) in [5.74, 6) is -0.952. The smallest absolute Gasteiger partial charge is 0.335 e. The van der Waals surface area contributed by atoms with Crippen molar-refractivity contribution in [2.45, 2.75) is 33.3 Å². The van der Waals surface area contributed by atoms with E-state index in [1.54, 1.807) is 30.3 Å². The standard InChI is InChI=1S/C29H33NO3/c1-29(2,3)19-24-17-23(18-25(27(24)30(4)5)21-9-7-6-8-10-21)26(31)16-13-20-11-14-22(15-12-20)28(32)33/h6-18,26,31H,19H2,1-5H3,(H,32,33)/b16-13+. The Labute approximate surface area is 196 Å². The minimum Gasteiger partial charge on any atom is -0.478 e. The number of aliphatic hydroxyl groups excluding tert-OH is 1. The Morgan fingerprint density at radius 2 is 1.64 bits per heavy atom. The van der Waals surface area contributed by atoms with Crippen molar-refractivity contribution in [3.8, 4) is 11.1 Å². The third-order valence-electron chi connectivity index (χ3n) is 5.43. The number of carbonyl (C=O) groups is 1. The minimum absolute atomic E-state index is 0.0873. The number of nitrogens with zero attached hydrogens (tertiary/aromatic N) is 1. The van der Waals surface area contributed by atoms with Gasteiger partial charge in [-0.2, -0.15) is 0 Å². The first-order valence-electron chi connectivity index (χ1n) is 11.1. The molecule has 4 heteroatoms. The predicted octanol–water partition coefficient (Wildman–Crippen LogP) is 6.45. The molecule has 1 atom stereocenters. The molecule has 33 heavy (non-hydrogen) atoms. The maximum absolute atomic E-state index is 11.1. The van der Waals surface area contributed by atoms with Crippen LogP contribution in [0.3, 0.4) is 0 Å². The van der Waals surface area contributed by atoms with Crippen LogP contribution in [0.15, 0.2) is 72.8 Å². The molecule has 0 heterocycles. The van der Waals surface area contributed by atoms with Crippen molar-refractivity contribution in [3.05, 3.63) is 95.1 Å². The van der Waals surface area contributed by atoms with Gasteiger partial charge in [-0.25, -0.2) is 4.79 Å². The largest absolute Gasteiger partial charge is 0.478 e. The lowest BCUT2D eigenvalue weighted by Gasteiger charge is -2.28. The zero-order valence-electron chi connectivity index (χ0n) is 20.0. The molecule has 0 aromatic heterocycles. The maximum atomic E-state index is 11.1. The van der Waals surface area contributed by atoms with Crippen LogP contribution in [0.2, 0.25) is 0 Å². The lowest BCUT2D eigenvalue weighted by Crippen LogP contribution is -2.17. The lowest BCUT2D eigenvalue weighted by atomic mass is 9.84. The fourth-order valence-corrected chi connectivity index (χ4v) is 4.01. The van der Waals surface area contributed by atoms with Crippen LogP contribution < -0.4 is 4.90 Å². The average Bonchev–Trinajstić information content (AvgIpc) is 2.76. The summed E-state index contributed by atoms with van der Waals surface area (Å²) in [6.07, 6.45) is 3.65. The summed E-state index contributed by atoms with van der Waals surface area (Å²) in [4.78, 5) is 13.2. The van der Waals surface area contributed by atoms with E-state index in [1.165, 1.54) is 11.3 Å². The molecule has 3 aromatic rings. The zero-order valence-corrected chi connectivity index (χ0v) is 20.0. The molecule has 0 bridgehead atoms. The van der Waals surface area contributed by atoms with Gasteiger partial charge in [0.05, 0.1) is 11.7 Å². The Balaban J connectivity index is 2.04. The predicted molar refractivity (Wildman–Crippen MR) is 137 cm³/mol. The van der Waals surface area contributed by atoms with E-state index in [2.05, 4.69) is 64.0 Å². The number of benzene rings is 3. The summed E-state index contributed by atoms with van der Waals surface area (Å²) < 4.78 is 0. The van der Waals surface area contributed by atoms with Gasteiger partial charge < -0.3 is 15.1 Å². The number of aliphatic hydroxyl groups is 1. The molecule has 0 fully saturated rings. The van der Waals surface area contributed by atoms with E-state index in [-0.39, 0.29) is 11.0 Å². The number of carboxylic acids is 1. The summed E-state index contributed by atoms with van der Waals surface area (Å²) >= 11 is 0. The van der Waals surface area contributed by atoms with E-state index in [0.29, 0.717) is 0 Å². The third-order valence-corrected chi connectivity index (χ3v) is 5.43. The molecule has 0 saturated carbocycles. The quantitative estimate of drug-likeness (QED) is 0.440. The van der Waals surface area contributed by atoms with Gasteiger partial charge in [0.25, 0.3) is 0 Å². The number of hydrogen-bond donors (Lipinski definition) is 2. The average molecular weight is 444 g/mol. The molecule has 1 unspecified atom stereocenters. The lowest BCUT2D eigenvalue weighted by molar-refractivity contribution is 0.0697. The summed E-state index contributed by atoms with van der Waals surface area (Å²) in [6, 6.07) is 21.0. The maximum Gasteiger partial charge on any atom is 0.335 e. The summed E-state index contributed by atoms with van der Waals surface area (Å²) in [5.41, 5.74) is 6.56. The molecular formula is C29H33NO3. The van der Waals surface area contributed by atoms with E-state index in [0.717, 1.165) is 28.7 Å². The van der Waals surface area contributed by atoms with Crippen molar-refractivity contribution < 1.29 is 15.0 Å². The molecule has 0 amide bonds. The molecule has 0 radical (unpaired) electrons. The first kappa shape index (κ1) is 24.3. The second kappa shape index (κ2) is 10.1. The van der Waals surface area contributed by atoms with E-state index in [1.807, 2.05) is 24.3 Å². The Bertz CT molecular complexity index is 1120. The van der Waals surface area contributed by atoms with Crippen molar-refractivity contribution in [3.63, 3.8) is 0 Å². The van der Waals surface area contributed by atoms with E-state index in [9.17, 15) is 9.90 Å². The minimum atomic E-state index is -0.952. The van der Waals surface area contributed by atoms with Gasteiger partial charge in [0.1, 0.15) is 0 Å². The fraction of sp³-hybridized carbons (Fsp3) is 0.276. The van der Waals surface area contributed by atoms with Crippen molar-refractivity contribution in [1.29, 1.82) is 0 Å². The van der Waals surface area contributed by atoms with Gasteiger partial charge in [-0.1, -0.05) is 81.5 Å². The van der Waals surface area contributed by atoms with Crippen molar-refractivity contribution >= 4 is 17.7 Å². The molecule has 0 spiro atoms. The van der Waals surface area contributed by atoms with Crippen LogP contribution in [0.4, 0.5) is 5.69 Å². The molecule has 0 aliphatic rings. The molecule has 0 saturated heterocycles. The number of hydrogen-bond acceptors (Lipinski definition) is 3. The van der Waals surface area contributed by atoms with Gasteiger partial charge in [0, 0.05) is 25.3 Å². The zero-order chi connectivity index (χ0) is 24.2. The molecular weight excluding hydrogens is 410 g/mol. The van der Waals surface area contributed by atoms with E-state index < -0.39 is 12.1 Å². The highest BCUT2D eigenvalue weighted by molar-refractivity contribution is 5.87. The van der Waals surface area contributed by atoms with Crippen molar-refractivity contribution in [1.82, 2.24) is 0 Å². The topological polar surface area (TPSA) is 60.8 Å². The third kappa shape index (κ3) is 6.33. The van der Waals surface area contributed by atoms with Gasteiger partial charge >= 0.3 is 5.97 Å². The SMILES string of the molecule is CN(C)c1c(CC(C)(C)C)cc(C(O)/C=C/c2ccc(C(=O)O)cc2)cc1-c1ccccc1. The first-order chi connectivity index (χ1) is 15.5. The molecule has 172 valence electrons. The van der Waals surface area contributed by atoms with Gasteiger partial charge in [0.2, 0.25) is 0 Å². The Morgan fingerprint density at radius 3 is 2.18 bits per heavy atom. The monoisotopic (exact) mass is 443 g/mol. The number of carboxylic acid groups (broad SMARTS) is 1. The molecule has 2 N–H and O–H groups in total. The molecule has 3 aromatic carbocycles. The van der Waals surface area contributed by atoms with Crippen LogP contribution in [-0.4, -0.2) is 30.3 Å². The van der Waals surface area contributed by atoms with Crippen LogP contribution in [0.5, 0.6) is 0 Å². The number of anilines is 1. The highest BCUT2D eigenvalue weighted by Gasteiger charge is 2.21. The van der Waals surface area contributed by atoms with E-state index >= 15 is 0 Å². The summed E-state index contributed by atoms with van der Waals surface area (Å²) in [7, 11) is 4.12. The normalized spacial score (nSPS) is 12.7. The second-order valence-electron chi connectivity index (χ2n) is 9.81. The second-order valence-corrected chi connectivity index (χ2v) is 9.81. The Hall–Kier alpha value is -3.37. The molecule has 0 aliphatic heterocycles. The van der Waals surface area contributed by atoms with Crippen LogP contribution in [0.25, 0.3) is 17.2 Å². The van der Waals surface area contributed by atoms with Crippen molar-refractivity contribution in [2.24, 2.45) is 5.41 Å². The van der Waals surface area contributed by atoms with Gasteiger partial charge in [-0.3, -0.25) is 0 Å².